The van der Waals surface area contributed by atoms with Gasteiger partial charge in [0.1, 0.15) is 0 Å². The Balaban J connectivity index is 1.77. The van der Waals surface area contributed by atoms with Crippen molar-refractivity contribution in [2.75, 3.05) is 33.3 Å². The van der Waals surface area contributed by atoms with Crippen molar-refractivity contribution >= 4 is 5.97 Å². The topological polar surface area (TPSA) is 61.8 Å². The molecule has 0 bridgehead atoms. The van der Waals surface area contributed by atoms with Crippen LogP contribution in [0.25, 0.3) is 0 Å². The number of nitrogens with zero attached hydrogens (tertiary/aromatic N) is 1. The number of morpholine rings is 1. The molecule has 0 aliphatic carbocycles. The number of nitrogens with one attached hydrogen (secondary N) is 1. The van der Waals surface area contributed by atoms with Gasteiger partial charge in [-0.25, -0.2) is 0 Å². The maximum absolute atomic E-state index is 10.9. The Labute approximate surface area is 125 Å². The standard InChI is InChI=1S/C16H24N2O3/c1-12(16(19)20)14-5-3-13(4-6-14)9-17-10-15-11-18(2)7-8-21-15/h3-6,12,15,17H,7-11H2,1-2H3,(H,19,20). The summed E-state index contributed by atoms with van der Waals surface area (Å²) in [6.45, 7) is 6.06. The second-order valence-electron chi connectivity index (χ2n) is 5.69. The molecule has 0 saturated carbocycles. The van der Waals surface area contributed by atoms with Crippen LogP contribution in [0, 0.1) is 0 Å². The summed E-state index contributed by atoms with van der Waals surface area (Å²) in [4.78, 5) is 13.2. The normalized spacial score (nSPS) is 21.1. The molecule has 116 valence electrons. The number of hydrogen-bond donors (Lipinski definition) is 2. The van der Waals surface area contributed by atoms with Gasteiger partial charge in [0.2, 0.25) is 0 Å². The zero-order valence-electron chi connectivity index (χ0n) is 12.7. The fraction of sp³-hybridized carbons (Fsp3) is 0.562. The van der Waals surface area contributed by atoms with Crippen LogP contribution in [0.1, 0.15) is 24.0 Å². The first-order chi connectivity index (χ1) is 10.1. The highest BCUT2D eigenvalue weighted by Gasteiger charge is 2.17. The number of rotatable bonds is 6. The first kappa shape index (κ1) is 15.9. The van der Waals surface area contributed by atoms with E-state index in [0.29, 0.717) is 0 Å². The van der Waals surface area contributed by atoms with E-state index in [0.717, 1.165) is 43.9 Å². The van der Waals surface area contributed by atoms with Crippen LogP contribution < -0.4 is 5.32 Å². The summed E-state index contributed by atoms with van der Waals surface area (Å²) in [6.07, 6.45) is 0.245. The first-order valence-corrected chi connectivity index (χ1v) is 7.39. The average molecular weight is 292 g/mol. The Morgan fingerprint density at radius 1 is 1.48 bits per heavy atom. The van der Waals surface area contributed by atoms with Gasteiger partial charge < -0.3 is 20.1 Å². The van der Waals surface area contributed by atoms with Crippen LogP contribution in [0.3, 0.4) is 0 Å². The van der Waals surface area contributed by atoms with Crippen molar-refractivity contribution in [3.05, 3.63) is 35.4 Å². The SMILES string of the molecule is CC(C(=O)O)c1ccc(CNCC2CN(C)CCO2)cc1. The summed E-state index contributed by atoms with van der Waals surface area (Å²) in [7, 11) is 2.11. The molecular weight excluding hydrogens is 268 g/mol. The Morgan fingerprint density at radius 3 is 2.81 bits per heavy atom. The van der Waals surface area contributed by atoms with Gasteiger partial charge in [0.25, 0.3) is 0 Å². The average Bonchev–Trinajstić information content (AvgIpc) is 2.47. The van der Waals surface area contributed by atoms with Crippen LogP contribution in [0.15, 0.2) is 24.3 Å². The van der Waals surface area contributed by atoms with E-state index in [4.69, 9.17) is 9.84 Å². The quantitative estimate of drug-likeness (QED) is 0.827. The molecule has 1 saturated heterocycles. The summed E-state index contributed by atoms with van der Waals surface area (Å²) < 4.78 is 5.69. The summed E-state index contributed by atoms with van der Waals surface area (Å²) >= 11 is 0. The molecule has 1 aromatic carbocycles. The van der Waals surface area contributed by atoms with Crippen LogP contribution in [-0.2, 0) is 16.1 Å². The molecule has 2 N–H and O–H groups in total. The molecule has 1 aliphatic heterocycles. The van der Waals surface area contributed by atoms with Gasteiger partial charge in [-0.1, -0.05) is 24.3 Å². The molecule has 1 heterocycles. The molecule has 21 heavy (non-hydrogen) atoms. The highest BCUT2D eigenvalue weighted by molar-refractivity contribution is 5.75. The third kappa shape index (κ3) is 4.81. The van der Waals surface area contributed by atoms with Crippen LogP contribution >= 0.6 is 0 Å². The maximum atomic E-state index is 10.9. The molecule has 0 spiro atoms. The molecule has 1 aromatic rings. The number of benzene rings is 1. The lowest BCUT2D eigenvalue weighted by Gasteiger charge is -2.30. The molecular formula is C16H24N2O3. The zero-order valence-corrected chi connectivity index (χ0v) is 12.7. The number of carboxylic acid groups (broad SMARTS) is 1. The minimum Gasteiger partial charge on any atom is -0.481 e. The number of carbonyl (C=O) groups is 1. The van der Waals surface area contributed by atoms with E-state index in [1.54, 1.807) is 6.92 Å². The molecule has 2 rings (SSSR count). The van der Waals surface area contributed by atoms with Crippen LogP contribution in [0.4, 0.5) is 0 Å². The van der Waals surface area contributed by atoms with Crippen molar-refractivity contribution in [1.82, 2.24) is 10.2 Å². The monoisotopic (exact) mass is 292 g/mol. The van der Waals surface area contributed by atoms with Gasteiger partial charge in [-0.15, -0.1) is 0 Å². The summed E-state index contributed by atoms with van der Waals surface area (Å²) in [5, 5.41) is 12.4. The van der Waals surface area contributed by atoms with Crippen LogP contribution in [-0.4, -0.2) is 55.4 Å². The predicted molar refractivity (Wildman–Crippen MR) is 81.4 cm³/mol. The predicted octanol–water partition coefficient (Wildman–Crippen LogP) is 1.29. The second-order valence-corrected chi connectivity index (χ2v) is 5.69. The van der Waals surface area contributed by atoms with Gasteiger partial charge in [-0.05, 0) is 25.1 Å². The molecule has 5 nitrogen and oxygen atoms in total. The van der Waals surface area contributed by atoms with Crippen LogP contribution in [0.5, 0.6) is 0 Å². The minimum atomic E-state index is -0.792. The molecule has 0 radical (unpaired) electrons. The lowest BCUT2D eigenvalue weighted by molar-refractivity contribution is -0.138. The van der Waals surface area contributed by atoms with Gasteiger partial charge in [-0.3, -0.25) is 4.79 Å². The van der Waals surface area contributed by atoms with E-state index in [1.807, 2.05) is 24.3 Å². The highest BCUT2D eigenvalue weighted by atomic mass is 16.5. The maximum Gasteiger partial charge on any atom is 0.310 e. The molecule has 5 heteroatoms. The van der Waals surface area contributed by atoms with Crippen molar-refractivity contribution < 1.29 is 14.6 Å². The van der Waals surface area contributed by atoms with Gasteiger partial charge >= 0.3 is 5.97 Å². The molecule has 2 atom stereocenters. The number of likely N-dealkylation sites (N-methyl/N-ethyl adjacent to an activating group) is 1. The number of hydrogen-bond acceptors (Lipinski definition) is 4. The first-order valence-electron chi connectivity index (χ1n) is 7.39. The Hall–Kier alpha value is -1.43. The summed E-state index contributed by atoms with van der Waals surface area (Å²) in [5.41, 5.74) is 1.99. The third-order valence-electron chi connectivity index (χ3n) is 3.89. The Morgan fingerprint density at radius 2 is 2.19 bits per heavy atom. The second kappa shape index (κ2) is 7.54. The highest BCUT2D eigenvalue weighted by Crippen LogP contribution is 2.16. The largest absolute Gasteiger partial charge is 0.481 e. The number of ether oxygens (including phenoxy) is 1. The van der Waals surface area contributed by atoms with Gasteiger partial charge in [0, 0.05) is 26.2 Å². The van der Waals surface area contributed by atoms with E-state index < -0.39 is 11.9 Å². The van der Waals surface area contributed by atoms with E-state index in [9.17, 15) is 4.79 Å². The van der Waals surface area contributed by atoms with Crippen LogP contribution in [0.2, 0.25) is 0 Å². The Bertz CT molecular complexity index is 461. The lowest BCUT2D eigenvalue weighted by Crippen LogP contribution is -2.44. The van der Waals surface area contributed by atoms with Crippen molar-refractivity contribution in [2.45, 2.75) is 25.5 Å². The lowest BCUT2D eigenvalue weighted by atomic mass is 10.00. The van der Waals surface area contributed by atoms with E-state index >= 15 is 0 Å². The van der Waals surface area contributed by atoms with Crippen molar-refractivity contribution in [2.24, 2.45) is 0 Å². The van der Waals surface area contributed by atoms with Gasteiger partial charge in [0.05, 0.1) is 18.6 Å². The molecule has 1 fully saturated rings. The fourth-order valence-corrected chi connectivity index (χ4v) is 2.43. The van der Waals surface area contributed by atoms with E-state index in [1.165, 1.54) is 0 Å². The third-order valence-corrected chi connectivity index (χ3v) is 3.89. The number of aliphatic carboxylic acids is 1. The molecule has 2 unspecified atom stereocenters. The summed E-state index contributed by atoms with van der Waals surface area (Å²) in [5.74, 6) is -1.25. The Kier molecular flexibility index (Phi) is 5.73. The summed E-state index contributed by atoms with van der Waals surface area (Å²) in [6, 6.07) is 7.74. The minimum absolute atomic E-state index is 0.245. The molecule has 1 aliphatic rings. The van der Waals surface area contributed by atoms with Gasteiger partial charge in [-0.2, -0.15) is 0 Å². The molecule has 0 amide bonds. The van der Waals surface area contributed by atoms with Crippen molar-refractivity contribution in [3.63, 3.8) is 0 Å². The van der Waals surface area contributed by atoms with Crippen molar-refractivity contribution in [3.8, 4) is 0 Å². The fourth-order valence-electron chi connectivity index (χ4n) is 2.43. The van der Waals surface area contributed by atoms with E-state index in [2.05, 4.69) is 17.3 Å². The van der Waals surface area contributed by atoms with E-state index in [-0.39, 0.29) is 6.10 Å². The zero-order chi connectivity index (χ0) is 15.2. The number of carboxylic acids is 1. The molecule has 0 aromatic heterocycles. The van der Waals surface area contributed by atoms with Crippen molar-refractivity contribution in [1.29, 1.82) is 0 Å². The van der Waals surface area contributed by atoms with Gasteiger partial charge in [0.15, 0.2) is 0 Å². The smallest absolute Gasteiger partial charge is 0.310 e.